The van der Waals surface area contributed by atoms with E-state index in [0.29, 0.717) is 29.5 Å². The molecule has 1 heterocycles. The van der Waals surface area contributed by atoms with Gasteiger partial charge in [-0.2, -0.15) is 0 Å². The lowest BCUT2D eigenvalue weighted by Gasteiger charge is -2.12. The Bertz CT molecular complexity index is 1360. The van der Waals surface area contributed by atoms with Gasteiger partial charge in [-0.25, -0.2) is 13.6 Å². The Morgan fingerprint density at radius 3 is 2.22 bits per heavy atom. The first-order valence-electron chi connectivity index (χ1n) is 11.3. The van der Waals surface area contributed by atoms with Crippen LogP contribution in [-0.2, 0) is 11.3 Å². The van der Waals surface area contributed by atoms with E-state index in [9.17, 15) is 18.4 Å². The van der Waals surface area contributed by atoms with E-state index in [4.69, 9.17) is 9.47 Å². The van der Waals surface area contributed by atoms with Crippen LogP contribution in [0.1, 0.15) is 33.3 Å². The number of anilines is 1. The first-order chi connectivity index (χ1) is 17.4. The quantitative estimate of drug-likeness (QED) is 0.311. The lowest BCUT2D eigenvalue weighted by atomic mass is 10.1. The van der Waals surface area contributed by atoms with Gasteiger partial charge in [-0.15, -0.1) is 0 Å². The van der Waals surface area contributed by atoms with Crippen LogP contribution in [0.3, 0.4) is 0 Å². The lowest BCUT2D eigenvalue weighted by Crippen LogP contribution is -2.18. The van der Waals surface area contributed by atoms with Crippen LogP contribution in [0.5, 0.6) is 5.75 Å². The molecule has 8 heteroatoms. The van der Waals surface area contributed by atoms with Gasteiger partial charge in [-0.05, 0) is 42.3 Å². The number of halogens is 2. The van der Waals surface area contributed by atoms with Gasteiger partial charge in [0.25, 0.3) is 5.91 Å². The van der Waals surface area contributed by atoms with Crippen molar-refractivity contribution in [1.29, 1.82) is 0 Å². The van der Waals surface area contributed by atoms with Crippen molar-refractivity contribution in [2.75, 3.05) is 19.0 Å². The van der Waals surface area contributed by atoms with E-state index in [2.05, 4.69) is 5.32 Å². The predicted molar refractivity (Wildman–Crippen MR) is 132 cm³/mol. The average molecular weight is 491 g/mol. The number of nitrogens with zero attached hydrogens (tertiary/aromatic N) is 1. The van der Waals surface area contributed by atoms with E-state index in [1.54, 1.807) is 49.1 Å². The second-order valence-corrected chi connectivity index (χ2v) is 7.94. The summed E-state index contributed by atoms with van der Waals surface area (Å²) in [6.45, 7) is 2.12. The molecule has 0 aliphatic carbocycles. The van der Waals surface area contributed by atoms with Gasteiger partial charge in [0.1, 0.15) is 17.4 Å². The number of methoxy groups -OCH3 is 1. The van der Waals surface area contributed by atoms with Crippen LogP contribution < -0.4 is 10.1 Å². The molecule has 6 nitrogen and oxygen atoms in total. The zero-order valence-corrected chi connectivity index (χ0v) is 19.8. The van der Waals surface area contributed by atoms with Gasteiger partial charge in [0.2, 0.25) is 0 Å². The molecule has 4 aromatic rings. The number of esters is 1. The standard InChI is InChI=1S/C28H24F2N2O4/c1-3-36-28(34)26-25(31-27(33)20-13-21(29)15-22(30)14-20)24(19-9-11-23(35-2)12-10-19)17-32(26)16-18-7-5-4-6-8-18/h4-15,17H,3,16H2,1-2H3,(H,31,33). The molecule has 1 aromatic heterocycles. The topological polar surface area (TPSA) is 69.6 Å². The third-order valence-electron chi connectivity index (χ3n) is 5.51. The summed E-state index contributed by atoms with van der Waals surface area (Å²) in [5.74, 6) is -2.56. The second-order valence-electron chi connectivity index (χ2n) is 7.94. The Morgan fingerprint density at radius 2 is 1.61 bits per heavy atom. The summed E-state index contributed by atoms with van der Waals surface area (Å²) in [5, 5.41) is 2.70. The van der Waals surface area contributed by atoms with Gasteiger partial charge in [0, 0.05) is 29.9 Å². The molecule has 0 fully saturated rings. The van der Waals surface area contributed by atoms with E-state index >= 15 is 0 Å². The molecule has 184 valence electrons. The van der Waals surface area contributed by atoms with Gasteiger partial charge in [0.05, 0.1) is 19.4 Å². The van der Waals surface area contributed by atoms with Crippen molar-refractivity contribution < 1.29 is 27.8 Å². The van der Waals surface area contributed by atoms with Gasteiger partial charge in [-0.3, -0.25) is 4.79 Å². The van der Waals surface area contributed by atoms with Crippen molar-refractivity contribution >= 4 is 17.6 Å². The molecule has 3 aromatic carbocycles. The Morgan fingerprint density at radius 1 is 0.944 bits per heavy atom. The lowest BCUT2D eigenvalue weighted by molar-refractivity contribution is 0.0515. The molecule has 0 saturated carbocycles. The molecule has 36 heavy (non-hydrogen) atoms. The van der Waals surface area contributed by atoms with Gasteiger partial charge < -0.3 is 19.4 Å². The SMILES string of the molecule is CCOC(=O)c1c(NC(=O)c2cc(F)cc(F)c2)c(-c2ccc(OC)cc2)cn1Cc1ccccc1. The van der Waals surface area contributed by atoms with Crippen LogP contribution in [0, 0.1) is 11.6 Å². The first-order valence-corrected chi connectivity index (χ1v) is 11.3. The van der Waals surface area contributed by atoms with Crippen LogP contribution in [0.25, 0.3) is 11.1 Å². The fourth-order valence-electron chi connectivity index (χ4n) is 3.87. The monoisotopic (exact) mass is 490 g/mol. The minimum Gasteiger partial charge on any atom is -0.497 e. The third kappa shape index (κ3) is 5.43. The largest absolute Gasteiger partial charge is 0.497 e. The maximum absolute atomic E-state index is 13.8. The molecule has 0 aliphatic heterocycles. The van der Waals surface area contributed by atoms with Crippen molar-refractivity contribution in [2.24, 2.45) is 0 Å². The Kier molecular flexibility index (Phi) is 7.44. The summed E-state index contributed by atoms with van der Waals surface area (Å²) < 4.78 is 39.8. The summed E-state index contributed by atoms with van der Waals surface area (Å²) in [6, 6.07) is 19.1. The van der Waals surface area contributed by atoms with Gasteiger partial charge in [0.15, 0.2) is 5.69 Å². The molecular weight excluding hydrogens is 466 g/mol. The number of rotatable bonds is 8. The predicted octanol–water partition coefficient (Wildman–Crippen LogP) is 5.92. The van der Waals surface area contributed by atoms with Gasteiger partial charge in [-0.1, -0.05) is 42.5 Å². The van der Waals surface area contributed by atoms with E-state index in [1.165, 1.54) is 0 Å². The van der Waals surface area contributed by atoms with E-state index in [0.717, 1.165) is 17.7 Å². The molecular formula is C28H24F2N2O4. The molecule has 0 bridgehead atoms. The highest BCUT2D eigenvalue weighted by Crippen LogP contribution is 2.35. The number of hydrogen-bond donors (Lipinski definition) is 1. The minimum atomic E-state index is -0.886. The molecule has 0 atom stereocenters. The number of nitrogens with one attached hydrogen (secondary N) is 1. The Balaban J connectivity index is 1.86. The number of carbonyl (C=O) groups is 2. The second kappa shape index (κ2) is 10.9. The normalized spacial score (nSPS) is 10.7. The summed E-state index contributed by atoms with van der Waals surface area (Å²) in [6.07, 6.45) is 1.74. The summed E-state index contributed by atoms with van der Waals surface area (Å²) in [7, 11) is 1.55. The Hall–Kier alpha value is -4.46. The number of aromatic nitrogens is 1. The molecule has 0 radical (unpaired) electrons. The molecule has 1 amide bonds. The van der Waals surface area contributed by atoms with Crippen LogP contribution >= 0.6 is 0 Å². The fourth-order valence-corrected chi connectivity index (χ4v) is 3.87. The summed E-state index contributed by atoms with van der Waals surface area (Å²) >= 11 is 0. The van der Waals surface area contributed by atoms with Crippen molar-refractivity contribution in [2.45, 2.75) is 13.5 Å². The minimum absolute atomic E-state index is 0.108. The highest BCUT2D eigenvalue weighted by atomic mass is 19.1. The maximum atomic E-state index is 13.8. The smallest absolute Gasteiger partial charge is 0.357 e. The van der Waals surface area contributed by atoms with Gasteiger partial charge >= 0.3 is 5.97 Å². The van der Waals surface area contributed by atoms with Crippen LogP contribution in [0.2, 0.25) is 0 Å². The Labute approximate surface area is 207 Å². The van der Waals surface area contributed by atoms with E-state index in [-0.39, 0.29) is 23.6 Å². The zero-order valence-electron chi connectivity index (χ0n) is 19.8. The fraction of sp³-hybridized carbons (Fsp3) is 0.143. The highest BCUT2D eigenvalue weighted by molar-refractivity contribution is 6.10. The third-order valence-corrected chi connectivity index (χ3v) is 5.51. The van der Waals surface area contributed by atoms with Crippen molar-refractivity contribution in [1.82, 2.24) is 4.57 Å². The van der Waals surface area contributed by atoms with Crippen LogP contribution in [-0.4, -0.2) is 30.2 Å². The number of amides is 1. The molecule has 0 aliphatic rings. The number of ether oxygens (including phenoxy) is 2. The van der Waals surface area contributed by atoms with Crippen molar-refractivity contribution in [3.05, 3.63) is 107 Å². The molecule has 0 unspecified atom stereocenters. The number of carbonyl (C=O) groups excluding carboxylic acids is 2. The summed E-state index contributed by atoms with van der Waals surface area (Å²) in [5.41, 5.74) is 2.19. The molecule has 0 spiro atoms. The zero-order chi connectivity index (χ0) is 25.7. The first kappa shape index (κ1) is 24.7. The van der Waals surface area contributed by atoms with E-state index in [1.807, 2.05) is 30.3 Å². The maximum Gasteiger partial charge on any atom is 0.357 e. The highest BCUT2D eigenvalue weighted by Gasteiger charge is 2.26. The van der Waals surface area contributed by atoms with Crippen LogP contribution in [0.15, 0.2) is 79.0 Å². The summed E-state index contributed by atoms with van der Waals surface area (Å²) in [4.78, 5) is 26.2. The van der Waals surface area contributed by atoms with Crippen molar-refractivity contribution in [3.63, 3.8) is 0 Å². The molecule has 4 rings (SSSR count). The molecule has 0 saturated heterocycles. The number of hydrogen-bond acceptors (Lipinski definition) is 4. The van der Waals surface area contributed by atoms with E-state index < -0.39 is 23.5 Å². The average Bonchev–Trinajstić information content (AvgIpc) is 3.21. The van der Waals surface area contributed by atoms with Crippen LogP contribution in [0.4, 0.5) is 14.5 Å². The van der Waals surface area contributed by atoms with Crippen molar-refractivity contribution in [3.8, 4) is 16.9 Å². The molecule has 1 N–H and O–H groups in total. The number of benzene rings is 3.